The maximum Gasteiger partial charge on any atom is 0.149 e. The highest BCUT2D eigenvalue weighted by Gasteiger charge is 2.03. The van der Waals surface area contributed by atoms with Gasteiger partial charge in [0.2, 0.25) is 0 Å². The molecule has 0 fully saturated rings. The van der Waals surface area contributed by atoms with E-state index in [4.69, 9.17) is 28.9 Å². The highest BCUT2D eigenvalue weighted by Crippen LogP contribution is 2.22. The van der Waals surface area contributed by atoms with Gasteiger partial charge in [0.25, 0.3) is 0 Å². The van der Waals surface area contributed by atoms with Gasteiger partial charge in [-0.3, -0.25) is 0 Å². The quantitative estimate of drug-likeness (QED) is 0.898. The van der Waals surface area contributed by atoms with E-state index in [0.29, 0.717) is 28.1 Å². The molecule has 0 aliphatic heterocycles. The van der Waals surface area contributed by atoms with E-state index < -0.39 is 0 Å². The molecule has 0 atom stereocenters. The summed E-state index contributed by atoms with van der Waals surface area (Å²) in [7, 11) is 0. The molecule has 19 heavy (non-hydrogen) atoms. The third kappa shape index (κ3) is 3.75. The molecule has 100 valence electrons. The van der Waals surface area contributed by atoms with Gasteiger partial charge in [0, 0.05) is 22.8 Å². The summed E-state index contributed by atoms with van der Waals surface area (Å²) < 4.78 is 0. The summed E-state index contributed by atoms with van der Waals surface area (Å²) in [6.07, 6.45) is 2.57. The molecule has 2 aromatic rings. The van der Waals surface area contributed by atoms with Crippen LogP contribution in [0.3, 0.4) is 0 Å². The van der Waals surface area contributed by atoms with Crippen LogP contribution >= 0.6 is 23.2 Å². The normalized spacial score (nSPS) is 10.5. The van der Waals surface area contributed by atoms with Crippen LogP contribution in [0.1, 0.15) is 11.1 Å². The molecule has 0 amide bonds. The lowest BCUT2D eigenvalue weighted by Crippen LogP contribution is -2.08. The Labute approximate surface area is 122 Å². The number of halogens is 2. The Morgan fingerprint density at radius 3 is 2.74 bits per heavy atom. The number of aryl methyl sites for hydroxylation is 1. The maximum absolute atomic E-state index is 6.11. The number of nitrogens with zero attached hydrogens (tertiary/aromatic N) is 1. The van der Waals surface area contributed by atoms with Gasteiger partial charge >= 0.3 is 0 Å². The van der Waals surface area contributed by atoms with Gasteiger partial charge in [-0.25, -0.2) is 4.98 Å². The first-order valence-corrected chi connectivity index (χ1v) is 6.72. The molecule has 0 aliphatic carbocycles. The number of rotatable bonds is 4. The zero-order chi connectivity index (χ0) is 13.8. The molecule has 3 N–H and O–H groups in total. The van der Waals surface area contributed by atoms with Crippen LogP contribution in [-0.4, -0.2) is 11.5 Å². The van der Waals surface area contributed by atoms with E-state index in [0.717, 1.165) is 17.5 Å². The summed E-state index contributed by atoms with van der Waals surface area (Å²) in [5.41, 5.74) is 8.63. The Morgan fingerprint density at radius 1 is 1.26 bits per heavy atom. The van der Waals surface area contributed by atoms with Crippen molar-refractivity contribution in [1.29, 1.82) is 0 Å². The van der Waals surface area contributed by atoms with E-state index in [-0.39, 0.29) is 0 Å². The Morgan fingerprint density at radius 2 is 2.05 bits per heavy atom. The maximum atomic E-state index is 6.11. The molecule has 5 heteroatoms. The predicted octanol–water partition coefficient (Wildman–Crippen LogP) is 3.93. The van der Waals surface area contributed by atoms with Crippen molar-refractivity contribution in [1.82, 2.24) is 4.98 Å². The van der Waals surface area contributed by atoms with Crippen LogP contribution < -0.4 is 11.1 Å². The summed E-state index contributed by atoms with van der Waals surface area (Å²) in [6, 6.07) is 7.40. The Bertz CT molecular complexity index is 533. The molecule has 0 aliphatic rings. The summed E-state index contributed by atoms with van der Waals surface area (Å²) in [6.45, 7) is 2.67. The van der Waals surface area contributed by atoms with Crippen molar-refractivity contribution in [2.75, 3.05) is 17.6 Å². The van der Waals surface area contributed by atoms with Crippen LogP contribution in [-0.2, 0) is 6.42 Å². The predicted molar refractivity (Wildman–Crippen MR) is 82.0 cm³/mol. The van der Waals surface area contributed by atoms with Crippen molar-refractivity contribution in [3.63, 3.8) is 0 Å². The summed E-state index contributed by atoms with van der Waals surface area (Å²) >= 11 is 12.0. The first kappa shape index (κ1) is 14.0. The Hall–Kier alpha value is -1.45. The number of pyridine rings is 1. The number of anilines is 2. The van der Waals surface area contributed by atoms with Crippen LogP contribution in [0.15, 0.2) is 30.5 Å². The number of nitrogens with two attached hydrogens (primary N) is 1. The van der Waals surface area contributed by atoms with Crippen molar-refractivity contribution in [3.8, 4) is 0 Å². The molecular weight excluding hydrogens is 281 g/mol. The molecule has 0 radical (unpaired) electrons. The second kappa shape index (κ2) is 6.13. The smallest absolute Gasteiger partial charge is 0.149 e. The van der Waals surface area contributed by atoms with Crippen LogP contribution in [0, 0.1) is 6.92 Å². The second-order valence-electron chi connectivity index (χ2n) is 4.36. The minimum Gasteiger partial charge on any atom is -0.396 e. The number of aromatic nitrogens is 1. The van der Waals surface area contributed by atoms with Gasteiger partial charge in [-0.2, -0.15) is 0 Å². The SMILES string of the molecule is Cc1cnc(NCCc2ccc(Cl)cc2Cl)c(N)c1. The molecule has 0 bridgehead atoms. The Balaban J connectivity index is 1.96. The number of hydrogen-bond acceptors (Lipinski definition) is 3. The highest BCUT2D eigenvalue weighted by atomic mass is 35.5. The lowest BCUT2D eigenvalue weighted by Gasteiger charge is -2.09. The number of benzene rings is 1. The fraction of sp³-hybridized carbons (Fsp3) is 0.214. The van der Waals surface area contributed by atoms with Gasteiger partial charge in [0.15, 0.2) is 0 Å². The van der Waals surface area contributed by atoms with Gasteiger partial charge in [-0.1, -0.05) is 29.3 Å². The lowest BCUT2D eigenvalue weighted by atomic mass is 10.1. The van der Waals surface area contributed by atoms with Crippen LogP contribution in [0.2, 0.25) is 10.0 Å². The third-order valence-corrected chi connectivity index (χ3v) is 3.34. The minimum absolute atomic E-state index is 0.645. The molecule has 0 saturated carbocycles. The molecule has 1 heterocycles. The van der Waals surface area contributed by atoms with Crippen LogP contribution in [0.5, 0.6) is 0 Å². The van der Waals surface area contributed by atoms with E-state index >= 15 is 0 Å². The van der Waals surface area contributed by atoms with Gasteiger partial charge < -0.3 is 11.1 Å². The monoisotopic (exact) mass is 295 g/mol. The molecule has 1 aromatic carbocycles. The summed E-state index contributed by atoms with van der Waals surface area (Å²) in [5.74, 6) is 0.704. The molecule has 0 spiro atoms. The van der Waals surface area contributed by atoms with E-state index in [1.54, 1.807) is 12.3 Å². The fourth-order valence-corrected chi connectivity index (χ4v) is 2.28. The van der Waals surface area contributed by atoms with Gasteiger partial charge in [0.1, 0.15) is 5.82 Å². The van der Waals surface area contributed by atoms with Gasteiger partial charge in [-0.05, 0) is 42.7 Å². The van der Waals surface area contributed by atoms with Gasteiger partial charge in [0.05, 0.1) is 5.69 Å². The van der Waals surface area contributed by atoms with Crippen LogP contribution in [0.4, 0.5) is 11.5 Å². The molecule has 3 nitrogen and oxygen atoms in total. The van der Waals surface area contributed by atoms with Crippen molar-refractivity contribution < 1.29 is 0 Å². The lowest BCUT2D eigenvalue weighted by molar-refractivity contribution is 1.01. The minimum atomic E-state index is 0.645. The van der Waals surface area contributed by atoms with Crippen molar-refractivity contribution >= 4 is 34.7 Å². The molecule has 0 saturated heterocycles. The van der Waals surface area contributed by atoms with Crippen molar-refractivity contribution in [2.45, 2.75) is 13.3 Å². The molecule has 1 aromatic heterocycles. The number of nitrogen functional groups attached to an aromatic ring is 1. The summed E-state index contributed by atoms with van der Waals surface area (Å²) in [5, 5.41) is 4.53. The average molecular weight is 296 g/mol. The zero-order valence-corrected chi connectivity index (χ0v) is 12.1. The Kier molecular flexibility index (Phi) is 4.51. The zero-order valence-electron chi connectivity index (χ0n) is 10.6. The topological polar surface area (TPSA) is 50.9 Å². The van der Waals surface area contributed by atoms with Crippen LogP contribution in [0.25, 0.3) is 0 Å². The standard InChI is InChI=1S/C14H15Cl2N3/c1-9-6-13(17)14(19-8-9)18-5-4-10-2-3-11(15)7-12(10)16/h2-3,6-8H,4-5,17H2,1H3,(H,18,19). The molecule has 0 unspecified atom stereocenters. The molecule has 2 rings (SSSR count). The number of nitrogens with one attached hydrogen (secondary N) is 1. The van der Waals surface area contributed by atoms with Crippen molar-refractivity contribution in [2.24, 2.45) is 0 Å². The van der Waals surface area contributed by atoms with Crippen molar-refractivity contribution in [3.05, 3.63) is 51.6 Å². The van der Waals surface area contributed by atoms with E-state index in [2.05, 4.69) is 10.3 Å². The molecular formula is C14H15Cl2N3. The third-order valence-electron chi connectivity index (χ3n) is 2.76. The van der Waals surface area contributed by atoms with E-state index in [1.165, 1.54) is 0 Å². The summed E-state index contributed by atoms with van der Waals surface area (Å²) in [4.78, 5) is 4.26. The van der Waals surface area contributed by atoms with E-state index in [1.807, 2.05) is 25.1 Å². The first-order valence-electron chi connectivity index (χ1n) is 5.96. The average Bonchev–Trinajstić information content (AvgIpc) is 2.34. The van der Waals surface area contributed by atoms with Gasteiger partial charge in [-0.15, -0.1) is 0 Å². The second-order valence-corrected chi connectivity index (χ2v) is 5.21. The first-order chi connectivity index (χ1) is 9.06. The van der Waals surface area contributed by atoms with E-state index in [9.17, 15) is 0 Å². The highest BCUT2D eigenvalue weighted by molar-refractivity contribution is 6.35. The fourth-order valence-electron chi connectivity index (χ4n) is 1.78. The largest absolute Gasteiger partial charge is 0.396 e. The number of hydrogen-bond donors (Lipinski definition) is 2.